The fourth-order valence-electron chi connectivity index (χ4n) is 2.24. The van der Waals surface area contributed by atoms with Crippen molar-refractivity contribution >= 4 is 11.3 Å². The minimum Gasteiger partial charge on any atom is -0.271 e. The Morgan fingerprint density at radius 2 is 1.89 bits per heavy atom. The Morgan fingerprint density at radius 3 is 2.44 bits per heavy atom. The van der Waals surface area contributed by atoms with Crippen molar-refractivity contribution in [2.45, 2.75) is 32.2 Å². The van der Waals surface area contributed by atoms with Gasteiger partial charge in [-0.05, 0) is 38.9 Å². The molecule has 0 bridgehead atoms. The second kappa shape index (κ2) is 5.22. The van der Waals surface area contributed by atoms with Crippen LogP contribution in [0.2, 0.25) is 0 Å². The maximum atomic E-state index is 5.76. The van der Waals surface area contributed by atoms with Crippen molar-refractivity contribution in [1.82, 2.24) is 5.43 Å². The molecule has 0 aliphatic heterocycles. The van der Waals surface area contributed by atoms with E-state index in [1.807, 2.05) is 0 Å². The molecule has 18 heavy (non-hydrogen) atoms. The highest BCUT2D eigenvalue weighted by Crippen LogP contribution is 2.32. The first-order chi connectivity index (χ1) is 8.54. The van der Waals surface area contributed by atoms with Crippen LogP contribution in [-0.4, -0.2) is 0 Å². The minimum atomic E-state index is 0.0617. The van der Waals surface area contributed by atoms with Gasteiger partial charge in [-0.25, -0.2) is 5.43 Å². The Hall–Kier alpha value is -1.16. The Kier molecular flexibility index (Phi) is 3.85. The first-order valence-corrected chi connectivity index (χ1v) is 7.06. The zero-order chi connectivity index (χ0) is 13.2. The van der Waals surface area contributed by atoms with Crippen molar-refractivity contribution in [3.05, 3.63) is 57.8 Å². The van der Waals surface area contributed by atoms with E-state index in [4.69, 9.17) is 5.84 Å². The van der Waals surface area contributed by atoms with Crippen LogP contribution in [0.4, 0.5) is 0 Å². The van der Waals surface area contributed by atoms with Gasteiger partial charge < -0.3 is 0 Å². The predicted molar refractivity (Wildman–Crippen MR) is 78.6 cm³/mol. The second-order valence-electron chi connectivity index (χ2n) is 5.49. The Balaban J connectivity index is 2.50. The summed E-state index contributed by atoms with van der Waals surface area (Å²) in [6.45, 7) is 6.69. The van der Waals surface area contributed by atoms with E-state index >= 15 is 0 Å². The van der Waals surface area contributed by atoms with E-state index in [-0.39, 0.29) is 11.5 Å². The van der Waals surface area contributed by atoms with Crippen molar-refractivity contribution in [2.24, 2.45) is 5.84 Å². The summed E-state index contributed by atoms with van der Waals surface area (Å²) in [4.78, 5) is 0. The standard InChI is InChI=1S/C15H20N2S/c1-15(2,3)13-7-5-4-6-12(13)14(17-16)11-8-9-18-10-11/h4-10,14,17H,16H2,1-3H3. The molecule has 3 heteroatoms. The smallest absolute Gasteiger partial charge is 0.0720 e. The molecule has 1 aromatic carbocycles. The molecule has 0 saturated carbocycles. The number of hydrogen-bond donors (Lipinski definition) is 2. The fourth-order valence-corrected chi connectivity index (χ4v) is 2.92. The van der Waals surface area contributed by atoms with Crippen LogP contribution in [0.15, 0.2) is 41.1 Å². The van der Waals surface area contributed by atoms with E-state index in [1.165, 1.54) is 16.7 Å². The van der Waals surface area contributed by atoms with Crippen molar-refractivity contribution < 1.29 is 0 Å². The molecule has 2 rings (SSSR count). The molecule has 3 N–H and O–H groups in total. The summed E-state index contributed by atoms with van der Waals surface area (Å²) in [5, 5.41) is 4.23. The maximum absolute atomic E-state index is 5.76. The van der Waals surface area contributed by atoms with E-state index in [2.05, 4.69) is 67.3 Å². The molecular formula is C15H20N2S. The van der Waals surface area contributed by atoms with E-state index in [1.54, 1.807) is 11.3 Å². The lowest BCUT2D eigenvalue weighted by Crippen LogP contribution is -2.30. The quantitative estimate of drug-likeness (QED) is 0.653. The molecule has 0 saturated heterocycles. The molecule has 0 fully saturated rings. The number of hydrazine groups is 1. The highest BCUT2D eigenvalue weighted by atomic mass is 32.1. The highest BCUT2D eigenvalue weighted by molar-refractivity contribution is 7.08. The Morgan fingerprint density at radius 1 is 1.17 bits per heavy atom. The van der Waals surface area contributed by atoms with Gasteiger partial charge in [-0.2, -0.15) is 11.3 Å². The van der Waals surface area contributed by atoms with Crippen LogP contribution >= 0.6 is 11.3 Å². The molecule has 2 nitrogen and oxygen atoms in total. The largest absolute Gasteiger partial charge is 0.271 e. The van der Waals surface area contributed by atoms with Gasteiger partial charge in [0.2, 0.25) is 0 Å². The third kappa shape index (κ3) is 2.64. The lowest BCUT2D eigenvalue weighted by molar-refractivity contribution is 0.558. The molecule has 1 aromatic heterocycles. The van der Waals surface area contributed by atoms with Gasteiger partial charge in [0.1, 0.15) is 0 Å². The van der Waals surface area contributed by atoms with Gasteiger partial charge >= 0.3 is 0 Å². The number of rotatable bonds is 3. The zero-order valence-electron chi connectivity index (χ0n) is 11.1. The topological polar surface area (TPSA) is 38.0 Å². The number of nitrogens with two attached hydrogens (primary N) is 1. The summed E-state index contributed by atoms with van der Waals surface area (Å²) >= 11 is 1.70. The molecule has 0 amide bonds. The van der Waals surface area contributed by atoms with Crippen LogP contribution in [0.25, 0.3) is 0 Å². The Bertz CT molecular complexity index is 497. The van der Waals surface area contributed by atoms with E-state index < -0.39 is 0 Å². The van der Waals surface area contributed by atoms with Gasteiger partial charge in [0.05, 0.1) is 6.04 Å². The van der Waals surface area contributed by atoms with Crippen molar-refractivity contribution in [3.63, 3.8) is 0 Å². The molecule has 1 atom stereocenters. The van der Waals surface area contributed by atoms with E-state index in [0.29, 0.717) is 0 Å². The van der Waals surface area contributed by atoms with Crippen molar-refractivity contribution in [3.8, 4) is 0 Å². The molecule has 0 aliphatic carbocycles. The molecule has 96 valence electrons. The van der Waals surface area contributed by atoms with Crippen LogP contribution in [0.5, 0.6) is 0 Å². The van der Waals surface area contributed by atoms with Gasteiger partial charge in [0, 0.05) is 0 Å². The fraction of sp³-hybridized carbons (Fsp3) is 0.333. The summed E-state index contributed by atoms with van der Waals surface area (Å²) in [6.07, 6.45) is 0. The number of benzene rings is 1. The predicted octanol–water partition coefficient (Wildman–Crippen LogP) is 3.60. The minimum absolute atomic E-state index is 0.0617. The third-order valence-corrected chi connectivity index (χ3v) is 3.82. The monoisotopic (exact) mass is 260 g/mol. The van der Waals surface area contributed by atoms with Crippen molar-refractivity contribution in [1.29, 1.82) is 0 Å². The summed E-state index contributed by atoms with van der Waals surface area (Å²) in [7, 11) is 0. The van der Waals surface area contributed by atoms with Crippen molar-refractivity contribution in [2.75, 3.05) is 0 Å². The van der Waals surface area contributed by atoms with Crippen LogP contribution in [0.3, 0.4) is 0 Å². The van der Waals surface area contributed by atoms with Gasteiger partial charge in [-0.1, -0.05) is 45.0 Å². The van der Waals surface area contributed by atoms with Crippen LogP contribution in [0, 0.1) is 0 Å². The summed E-state index contributed by atoms with van der Waals surface area (Å²) in [5.41, 5.74) is 6.86. The average Bonchev–Trinajstić information content (AvgIpc) is 2.83. The summed E-state index contributed by atoms with van der Waals surface area (Å²) < 4.78 is 0. The SMILES string of the molecule is CC(C)(C)c1ccccc1C(NN)c1ccsc1. The third-order valence-electron chi connectivity index (χ3n) is 3.12. The normalized spacial score (nSPS) is 13.6. The molecule has 1 unspecified atom stereocenters. The molecule has 2 aromatic rings. The summed E-state index contributed by atoms with van der Waals surface area (Å²) in [6, 6.07) is 10.7. The van der Waals surface area contributed by atoms with Gasteiger partial charge in [0.15, 0.2) is 0 Å². The highest BCUT2D eigenvalue weighted by Gasteiger charge is 2.22. The van der Waals surface area contributed by atoms with Gasteiger partial charge in [-0.15, -0.1) is 0 Å². The van der Waals surface area contributed by atoms with E-state index in [9.17, 15) is 0 Å². The first kappa shape index (κ1) is 13.3. The molecule has 0 spiro atoms. The van der Waals surface area contributed by atoms with Crippen LogP contribution in [0.1, 0.15) is 43.5 Å². The molecular weight excluding hydrogens is 240 g/mol. The Labute approximate surface area is 113 Å². The lowest BCUT2D eigenvalue weighted by Gasteiger charge is -2.27. The lowest BCUT2D eigenvalue weighted by atomic mass is 9.81. The molecule has 0 radical (unpaired) electrons. The second-order valence-corrected chi connectivity index (χ2v) is 6.27. The van der Waals surface area contributed by atoms with Gasteiger partial charge in [0.25, 0.3) is 0 Å². The summed E-state index contributed by atoms with van der Waals surface area (Å²) in [5.74, 6) is 5.76. The van der Waals surface area contributed by atoms with E-state index in [0.717, 1.165) is 0 Å². The number of nitrogens with one attached hydrogen (secondary N) is 1. The number of thiophene rings is 1. The number of hydrogen-bond acceptors (Lipinski definition) is 3. The molecule has 0 aliphatic rings. The zero-order valence-corrected chi connectivity index (χ0v) is 11.9. The molecule has 1 heterocycles. The van der Waals surface area contributed by atoms with Gasteiger partial charge in [-0.3, -0.25) is 5.84 Å². The maximum Gasteiger partial charge on any atom is 0.0720 e. The van der Waals surface area contributed by atoms with Crippen LogP contribution < -0.4 is 11.3 Å². The van der Waals surface area contributed by atoms with Crippen LogP contribution in [-0.2, 0) is 5.41 Å². The average molecular weight is 260 g/mol. The first-order valence-electron chi connectivity index (χ1n) is 6.11.